The van der Waals surface area contributed by atoms with Gasteiger partial charge in [-0.15, -0.1) is 0 Å². The Labute approximate surface area is 191 Å². The van der Waals surface area contributed by atoms with Crippen LogP contribution in [0.15, 0.2) is 31.3 Å². The van der Waals surface area contributed by atoms with Crippen LogP contribution in [0.25, 0.3) is 21.5 Å². The lowest BCUT2D eigenvalue weighted by atomic mass is 9.92. The van der Waals surface area contributed by atoms with E-state index in [0.29, 0.717) is 9.13 Å². The van der Waals surface area contributed by atoms with Crippen molar-refractivity contribution in [3.05, 3.63) is 53.5 Å². The van der Waals surface area contributed by atoms with Crippen molar-refractivity contribution in [1.29, 1.82) is 0 Å². The van der Waals surface area contributed by atoms with E-state index in [1.54, 1.807) is 13.8 Å². The van der Waals surface area contributed by atoms with E-state index in [1.807, 2.05) is 0 Å². The molecule has 2 unspecified atom stereocenters. The predicted molar refractivity (Wildman–Crippen MR) is 123 cm³/mol. The van der Waals surface area contributed by atoms with Gasteiger partial charge in [0.05, 0.1) is 21.5 Å². The number of hydrogen-bond donors (Lipinski definition) is 4. The Hall–Kier alpha value is -3.64. The normalized spacial score (nSPS) is 17.4. The van der Waals surface area contributed by atoms with E-state index in [0.717, 1.165) is 12.1 Å². The maximum Gasteiger partial charge on any atom is 0.345 e. The Bertz CT molecular complexity index is 1350. The van der Waals surface area contributed by atoms with Gasteiger partial charge in [-0.1, -0.05) is 27.7 Å². The number of carbonyl (C=O) groups is 2. The number of aromatic nitrogens is 2. The van der Waals surface area contributed by atoms with E-state index in [1.165, 1.54) is 13.8 Å². The fraction of sp³-hybridized carbons (Fsp3) is 0.455. The molecule has 6 N–H and O–H groups in total. The molecule has 3 aromatic rings. The van der Waals surface area contributed by atoms with Crippen LogP contribution in [0, 0.1) is 11.8 Å². The number of benzene rings is 1. The fourth-order valence-corrected chi connectivity index (χ4v) is 4.32. The minimum Gasteiger partial charge on any atom is -0.478 e. The van der Waals surface area contributed by atoms with Crippen LogP contribution in [-0.4, -0.2) is 31.3 Å². The lowest BCUT2D eigenvalue weighted by Crippen LogP contribution is -2.61. The summed E-state index contributed by atoms with van der Waals surface area (Å²) in [5.74, 6) is -4.82. The number of rotatable bonds is 8. The van der Waals surface area contributed by atoms with Crippen LogP contribution in [0.3, 0.4) is 0 Å². The summed E-state index contributed by atoms with van der Waals surface area (Å²) in [7, 11) is 0. The molecule has 2 heterocycles. The van der Waals surface area contributed by atoms with Gasteiger partial charge in [-0.3, -0.25) is 30.6 Å². The van der Waals surface area contributed by atoms with Crippen molar-refractivity contribution in [2.45, 2.75) is 51.9 Å². The molecule has 0 spiro atoms. The maximum atomic E-state index is 13.1. The van der Waals surface area contributed by atoms with Gasteiger partial charge in [0.2, 0.25) is 11.3 Å². The summed E-state index contributed by atoms with van der Waals surface area (Å²) < 4.78 is 0.860. The van der Waals surface area contributed by atoms with Gasteiger partial charge in [0.25, 0.3) is 22.2 Å². The van der Waals surface area contributed by atoms with Gasteiger partial charge in [-0.2, -0.15) is 0 Å². The number of carboxylic acids is 2. The molecule has 0 bridgehead atoms. The zero-order valence-electron chi connectivity index (χ0n) is 19.1. The fourth-order valence-electron chi connectivity index (χ4n) is 4.32. The number of hydrogen-bond acceptors (Lipinski definition) is 8. The third kappa shape index (κ3) is 2.98. The zero-order valence-corrected chi connectivity index (χ0v) is 19.1. The summed E-state index contributed by atoms with van der Waals surface area (Å²) in [4.78, 5) is 76.6. The van der Waals surface area contributed by atoms with Crippen LogP contribution in [0.5, 0.6) is 0 Å². The smallest absolute Gasteiger partial charge is 0.345 e. The van der Waals surface area contributed by atoms with Crippen LogP contribution in [0.4, 0.5) is 0 Å². The topological polar surface area (TPSA) is 205 Å². The molecular weight excluding hydrogens is 448 g/mol. The Kier molecular flexibility index (Phi) is 5.87. The minimum absolute atomic E-state index is 0.238. The molecule has 0 radical (unpaired) electrons. The van der Waals surface area contributed by atoms with E-state index in [-0.39, 0.29) is 34.4 Å². The SMILES string of the molecule is CCC(C)[C@@](N)(C(=O)O)n1c(=O)c2cc3c(=O)n([C@](N)(C(=O)O)C(C)CC)c(=O)c3cc2c1=O. The molecule has 4 atom stereocenters. The molecule has 0 saturated carbocycles. The van der Waals surface area contributed by atoms with Gasteiger partial charge in [0, 0.05) is 11.8 Å². The lowest BCUT2D eigenvalue weighted by molar-refractivity contribution is -0.151. The molecule has 0 aliphatic rings. The number of nitrogens with two attached hydrogens (primary N) is 2. The van der Waals surface area contributed by atoms with Crippen LogP contribution in [-0.2, 0) is 20.9 Å². The first-order valence-electron chi connectivity index (χ1n) is 10.7. The van der Waals surface area contributed by atoms with Crippen molar-refractivity contribution in [3.63, 3.8) is 0 Å². The summed E-state index contributed by atoms with van der Waals surface area (Å²) in [6.07, 6.45) is 0.476. The number of nitrogens with zero attached hydrogens (tertiary/aromatic N) is 2. The Morgan fingerprint density at radius 1 is 0.735 bits per heavy atom. The standard InChI is InChI=1S/C22H26N4O8/c1-5-9(3)21(23,19(31)32)25-15(27)11-7-13-14(8-12(11)16(25)28)18(30)26(17(13)29)22(24,20(33)34)10(4)6-2/h7-10H,5-6,23-24H2,1-4H3,(H,31,32)(H,33,34)/t9?,10?,21-,22-/m0/s1. The van der Waals surface area contributed by atoms with Crippen LogP contribution in [0.2, 0.25) is 0 Å². The monoisotopic (exact) mass is 474 g/mol. The third-order valence-electron chi connectivity index (χ3n) is 7.04. The van der Waals surface area contributed by atoms with Gasteiger partial charge < -0.3 is 10.2 Å². The lowest BCUT2D eigenvalue weighted by Gasteiger charge is -2.30. The second-order valence-electron chi connectivity index (χ2n) is 8.71. The molecule has 0 fully saturated rings. The predicted octanol–water partition coefficient (Wildman–Crippen LogP) is -0.603. The summed E-state index contributed by atoms with van der Waals surface area (Å²) >= 11 is 0. The second kappa shape index (κ2) is 7.99. The highest BCUT2D eigenvalue weighted by atomic mass is 16.4. The number of aliphatic carboxylic acids is 2. The van der Waals surface area contributed by atoms with Crippen molar-refractivity contribution < 1.29 is 19.8 Å². The molecule has 0 saturated heterocycles. The first kappa shape index (κ1) is 25.0. The van der Waals surface area contributed by atoms with E-state index in [4.69, 9.17) is 11.5 Å². The summed E-state index contributed by atoms with van der Waals surface area (Å²) in [6.45, 7) is 6.24. The molecule has 34 heavy (non-hydrogen) atoms. The van der Waals surface area contributed by atoms with Gasteiger partial charge >= 0.3 is 11.9 Å². The molecule has 1 aromatic carbocycles. The molecule has 0 aliphatic carbocycles. The zero-order chi connectivity index (χ0) is 25.9. The van der Waals surface area contributed by atoms with Gasteiger partial charge in [0.1, 0.15) is 0 Å². The summed E-state index contributed by atoms with van der Waals surface area (Å²) in [5, 5.41) is 18.3. The molecule has 12 nitrogen and oxygen atoms in total. The number of fused-ring (bicyclic) bond motifs is 2. The minimum atomic E-state index is -2.36. The van der Waals surface area contributed by atoms with Crippen molar-refractivity contribution in [2.24, 2.45) is 23.3 Å². The molecular formula is C22H26N4O8. The second-order valence-corrected chi connectivity index (χ2v) is 8.71. The highest BCUT2D eigenvalue weighted by Crippen LogP contribution is 2.26. The Balaban J connectivity index is 2.49. The van der Waals surface area contributed by atoms with Gasteiger partial charge in [0.15, 0.2) is 0 Å². The first-order valence-corrected chi connectivity index (χ1v) is 10.7. The van der Waals surface area contributed by atoms with Crippen LogP contribution >= 0.6 is 0 Å². The Morgan fingerprint density at radius 2 is 0.971 bits per heavy atom. The van der Waals surface area contributed by atoms with E-state index in [9.17, 15) is 39.0 Å². The molecule has 0 aliphatic heterocycles. The average molecular weight is 474 g/mol. The molecule has 2 aromatic heterocycles. The van der Waals surface area contributed by atoms with E-state index in [2.05, 4.69) is 0 Å². The first-order chi connectivity index (χ1) is 15.7. The highest BCUT2D eigenvalue weighted by Gasteiger charge is 2.46. The quantitative estimate of drug-likeness (QED) is 0.326. The molecule has 182 valence electrons. The van der Waals surface area contributed by atoms with E-state index >= 15 is 0 Å². The van der Waals surface area contributed by atoms with Gasteiger partial charge in [-0.05, 0) is 25.0 Å². The van der Waals surface area contributed by atoms with Crippen molar-refractivity contribution >= 4 is 33.5 Å². The maximum absolute atomic E-state index is 13.1. The van der Waals surface area contributed by atoms with Crippen molar-refractivity contribution in [2.75, 3.05) is 0 Å². The summed E-state index contributed by atoms with van der Waals surface area (Å²) in [6, 6.07) is 1.98. The average Bonchev–Trinajstić information content (AvgIpc) is 3.19. The van der Waals surface area contributed by atoms with E-state index < -0.39 is 57.3 Å². The molecule has 12 heteroatoms. The third-order valence-corrected chi connectivity index (χ3v) is 7.04. The Morgan fingerprint density at radius 3 is 1.15 bits per heavy atom. The van der Waals surface area contributed by atoms with Gasteiger partial charge in [-0.25, -0.2) is 18.7 Å². The number of carboxylic acid groups (broad SMARTS) is 2. The highest BCUT2D eigenvalue weighted by molar-refractivity contribution is 5.98. The van der Waals surface area contributed by atoms with Crippen LogP contribution < -0.4 is 33.7 Å². The van der Waals surface area contributed by atoms with Crippen molar-refractivity contribution in [3.8, 4) is 0 Å². The van der Waals surface area contributed by atoms with Crippen LogP contribution in [0.1, 0.15) is 40.5 Å². The summed E-state index contributed by atoms with van der Waals surface area (Å²) in [5.41, 5.74) is 3.25. The molecule has 3 rings (SSSR count). The molecule has 0 amide bonds. The van der Waals surface area contributed by atoms with Crippen molar-refractivity contribution in [1.82, 2.24) is 9.13 Å². The largest absolute Gasteiger partial charge is 0.478 e.